The highest BCUT2D eigenvalue weighted by molar-refractivity contribution is 7.99. The van der Waals surface area contributed by atoms with Gasteiger partial charge in [-0.25, -0.2) is 0 Å². The summed E-state index contributed by atoms with van der Waals surface area (Å²) in [6.45, 7) is 3.45. The zero-order valence-electron chi connectivity index (χ0n) is 18.2. The number of thioether (sulfide) groups is 1. The summed E-state index contributed by atoms with van der Waals surface area (Å²) in [4.78, 5) is 27.7. The topological polar surface area (TPSA) is 75.4 Å². The summed E-state index contributed by atoms with van der Waals surface area (Å²) in [6.07, 6.45) is 0. The van der Waals surface area contributed by atoms with Crippen molar-refractivity contribution in [1.29, 1.82) is 0 Å². The Labute approximate surface area is 195 Å². The van der Waals surface area contributed by atoms with Gasteiger partial charge in [-0.05, 0) is 48.9 Å². The lowest BCUT2D eigenvalue weighted by molar-refractivity contribution is 0.0772. The van der Waals surface area contributed by atoms with Crippen molar-refractivity contribution < 1.29 is 14.1 Å². The molecular weight excluding hydrogens is 434 g/mol. The average molecular weight is 458 g/mol. The van der Waals surface area contributed by atoms with Gasteiger partial charge >= 0.3 is 0 Å². The van der Waals surface area contributed by atoms with E-state index < -0.39 is 0 Å². The fourth-order valence-corrected chi connectivity index (χ4v) is 4.86. The normalized spacial score (nSPS) is 13.8. The first kappa shape index (κ1) is 21.3. The number of benzene rings is 3. The lowest BCUT2D eigenvalue weighted by atomic mass is 10.1. The standard InChI is InChI=1S/C26H23N3O3S/c1-17-15-20(26(31)29-11-13-33-14-12-29)8-9-22(17)27-25(30)19-7-10-23-21(16-19)24(32-28-23)18-5-3-2-4-6-18/h2-10,15-16H,11-14H2,1H3,(H,27,30). The Bertz CT molecular complexity index is 1330. The molecule has 4 aromatic rings. The van der Waals surface area contributed by atoms with E-state index in [1.807, 2.05) is 60.0 Å². The molecule has 0 aliphatic carbocycles. The van der Waals surface area contributed by atoms with Crippen molar-refractivity contribution >= 4 is 40.2 Å². The molecule has 1 saturated heterocycles. The molecule has 1 N–H and O–H groups in total. The molecule has 0 atom stereocenters. The Balaban J connectivity index is 1.36. The smallest absolute Gasteiger partial charge is 0.255 e. The van der Waals surface area contributed by atoms with Crippen LogP contribution in [0.3, 0.4) is 0 Å². The van der Waals surface area contributed by atoms with Gasteiger partial charge in [-0.15, -0.1) is 0 Å². The summed E-state index contributed by atoms with van der Waals surface area (Å²) in [5, 5.41) is 7.87. The van der Waals surface area contributed by atoms with Gasteiger partial charge in [0.05, 0.1) is 5.39 Å². The minimum Gasteiger partial charge on any atom is -0.355 e. The zero-order valence-corrected chi connectivity index (χ0v) is 19.0. The van der Waals surface area contributed by atoms with E-state index in [1.54, 1.807) is 30.3 Å². The van der Waals surface area contributed by atoms with Crippen molar-refractivity contribution in [3.05, 3.63) is 83.4 Å². The number of fused-ring (bicyclic) bond motifs is 1. The summed E-state index contributed by atoms with van der Waals surface area (Å²) in [7, 11) is 0. The lowest BCUT2D eigenvalue weighted by Crippen LogP contribution is -2.37. The fourth-order valence-electron chi connectivity index (χ4n) is 3.96. The number of aromatic nitrogens is 1. The van der Waals surface area contributed by atoms with Crippen LogP contribution in [0.4, 0.5) is 5.69 Å². The van der Waals surface area contributed by atoms with Crippen molar-refractivity contribution in [2.24, 2.45) is 0 Å². The average Bonchev–Trinajstić information content (AvgIpc) is 3.29. The largest absolute Gasteiger partial charge is 0.355 e. The Morgan fingerprint density at radius 3 is 2.48 bits per heavy atom. The van der Waals surface area contributed by atoms with Crippen molar-refractivity contribution in [3.8, 4) is 11.3 Å². The highest BCUT2D eigenvalue weighted by Gasteiger charge is 2.19. The number of rotatable bonds is 4. The predicted octanol–water partition coefficient (Wildman–Crippen LogP) is 5.24. The van der Waals surface area contributed by atoms with E-state index in [9.17, 15) is 9.59 Å². The quantitative estimate of drug-likeness (QED) is 0.453. The molecule has 1 aliphatic rings. The van der Waals surface area contributed by atoms with Crippen LogP contribution in [0.25, 0.3) is 22.2 Å². The van der Waals surface area contributed by atoms with Crippen molar-refractivity contribution in [1.82, 2.24) is 10.1 Å². The third-order valence-corrected chi connectivity index (χ3v) is 6.74. The van der Waals surface area contributed by atoms with Gasteiger partial charge in [0.2, 0.25) is 0 Å². The summed E-state index contributed by atoms with van der Waals surface area (Å²) in [5.41, 5.74) is 4.28. The third kappa shape index (κ3) is 4.36. The van der Waals surface area contributed by atoms with Gasteiger partial charge < -0.3 is 14.7 Å². The molecule has 7 heteroatoms. The molecule has 5 rings (SSSR count). The number of carbonyl (C=O) groups is 2. The summed E-state index contributed by atoms with van der Waals surface area (Å²) in [5.74, 6) is 2.40. The van der Waals surface area contributed by atoms with E-state index in [0.717, 1.165) is 41.1 Å². The van der Waals surface area contributed by atoms with Crippen molar-refractivity contribution in [2.45, 2.75) is 6.92 Å². The number of anilines is 1. The van der Waals surface area contributed by atoms with Crippen LogP contribution in [0, 0.1) is 6.92 Å². The second-order valence-corrected chi connectivity index (χ2v) is 9.22. The molecule has 0 spiro atoms. The van der Waals surface area contributed by atoms with E-state index in [4.69, 9.17) is 4.52 Å². The fraction of sp³-hybridized carbons (Fsp3) is 0.192. The number of nitrogens with zero attached hydrogens (tertiary/aromatic N) is 2. The Morgan fingerprint density at radius 2 is 1.73 bits per heavy atom. The molecule has 0 radical (unpaired) electrons. The van der Waals surface area contributed by atoms with Crippen LogP contribution in [0.15, 0.2) is 71.3 Å². The number of hydrogen-bond acceptors (Lipinski definition) is 5. The second kappa shape index (κ2) is 9.11. The molecule has 0 saturated carbocycles. The lowest BCUT2D eigenvalue weighted by Gasteiger charge is -2.26. The zero-order chi connectivity index (χ0) is 22.8. The van der Waals surface area contributed by atoms with Gasteiger partial charge in [-0.2, -0.15) is 11.8 Å². The maximum absolute atomic E-state index is 13.0. The summed E-state index contributed by atoms with van der Waals surface area (Å²) >= 11 is 1.87. The molecule has 2 amide bonds. The minimum absolute atomic E-state index is 0.0441. The van der Waals surface area contributed by atoms with Crippen molar-refractivity contribution in [3.63, 3.8) is 0 Å². The SMILES string of the molecule is Cc1cc(C(=O)N2CCSCC2)ccc1NC(=O)c1ccc2noc(-c3ccccc3)c2c1. The van der Waals surface area contributed by atoms with Gasteiger partial charge in [0.1, 0.15) is 5.52 Å². The maximum Gasteiger partial charge on any atom is 0.255 e. The van der Waals surface area contributed by atoms with Crippen molar-refractivity contribution in [2.75, 3.05) is 29.9 Å². The number of amides is 2. The highest BCUT2D eigenvalue weighted by atomic mass is 32.2. The summed E-state index contributed by atoms with van der Waals surface area (Å²) < 4.78 is 5.54. The number of carbonyl (C=O) groups excluding carboxylic acids is 2. The van der Waals surface area contributed by atoms with Crippen LogP contribution in [0.2, 0.25) is 0 Å². The highest BCUT2D eigenvalue weighted by Crippen LogP contribution is 2.29. The summed E-state index contributed by atoms with van der Waals surface area (Å²) in [6, 6.07) is 20.4. The number of aryl methyl sites for hydroxylation is 1. The number of nitrogens with one attached hydrogen (secondary N) is 1. The van der Waals surface area contributed by atoms with Crippen LogP contribution in [0.1, 0.15) is 26.3 Å². The third-order valence-electron chi connectivity index (χ3n) is 5.79. The molecule has 3 aromatic carbocycles. The van der Waals surface area contributed by atoms with Gasteiger partial charge in [0.25, 0.3) is 11.8 Å². The molecule has 166 valence electrons. The van der Waals surface area contributed by atoms with Gasteiger partial charge in [-0.3, -0.25) is 9.59 Å². The Morgan fingerprint density at radius 1 is 0.970 bits per heavy atom. The van der Waals surface area contributed by atoms with Crippen LogP contribution in [-0.2, 0) is 0 Å². The van der Waals surface area contributed by atoms with Gasteiger partial charge in [0.15, 0.2) is 5.76 Å². The molecule has 0 unspecified atom stereocenters. The first-order chi connectivity index (χ1) is 16.1. The van der Waals surface area contributed by atoms with E-state index >= 15 is 0 Å². The molecule has 6 nitrogen and oxygen atoms in total. The van der Waals surface area contributed by atoms with Crippen LogP contribution >= 0.6 is 11.8 Å². The molecule has 0 bridgehead atoms. The number of hydrogen-bond donors (Lipinski definition) is 1. The molecule has 2 heterocycles. The van der Waals surface area contributed by atoms with E-state index in [0.29, 0.717) is 28.1 Å². The van der Waals surface area contributed by atoms with E-state index in [1.165, 1.54) is 0 Å². The monoisotopic (exact) mass is 457 g/mol. The van der Waals surface area contributed by atoms with Gasteiger partial charge in [-0.1, -0.05) is 35.5 Å². The molecule has 1 fully saturated rings. The van der Waals surface area contributed by atoms with Crippen LogP contribution in [0.5, 0.6) is 0 Å². The minimum atomic E-state index is -0.229. The molecular formula is C26H23N3O3S. The molecule has 1 aliphatic heterocycles. The molecule has 33 heavy (non-hydrogen) atoms. The predicted molar refractivity (Wildman–Crippen MR) is 132 cm³/mol. The van der Waals surface area contributed by atoms with E-state index in [-0.39, 0.29) is 11.8 Å². The Hall–Kier alpha value is -3.58. The second-order valence-electron chi connectivity index (χ2n) is 8.00. The van der Waals surface area contributed by atoms with Gasteiger partial charge in [0, 0.05) is 47.0 Å². The first-order valence-corrected chi connectivity index (χ1v) is 12.0. The maximum atomic E-state index is 13.0. The molecule has 1 aromatic heterocycles. The van der Waals surface area contributed by atoms with Crippen LogP contribution in [-0.4, -0.2) is 46.5 Å². The van der Waals surface area contributed by atoms with E-state index in [2.05, 4.69) is 10.5 Å². The van der Waals surface area contributed by atoms with Crippen LogP contribution < -0.4 is 5.32 Å². The Kier molecular flexibility index (Phi) is 5.88. The first-order valence-electron chi connectivity index (χ1n) is 10.8.